The van der Waals surface area contributed by atoms with E-state index in [1.165, 1.54) is 12.8 Å². The average Bonchev–Trinajstić information content (AvgIpc) is 3.08. The molecule has 1 aliphatic carbocycles. The summed E-state index contributed by atoms with van der Waals surface area (Å²) >= 11 is 0. The summed E-state index contributed by atoms with van der Waals surface area (Å²) in [5.41, 5.74) is 1.45. The number of nitrogens with zero attached hydrogens (tertiary/aromatic N) is 2. The minimum absolute atomic E-state index is 0. The third-order valence-electron chi connectivity index (χ3n) is 6.39. The summed E-state index contributed by atoms with van der Waals surface area (Å²) < 4.78 is 4.94. The second-order valence-corrected chi connectivity index (χ2v) is 18.9. The standard InChI is InChI=1S/C18H39N2Si2.C4H8O.Cr/c1-12(2)19-21(8,9)17-14(5)15(6)18(16(17)7)22(10,11)20-13(3)4;1-2-4-5-3-1;/h12-15,17-18H,1-11H3;1-4H2;/q-3;;+3. The fourth-order valence-corrected chi connectivity index (χ4v) is 15.0. The SMILES string of the molecule is C1CCOC1.C[C-]1C([Si](C)(C)[N-]C(C)C)C(C)C(C)C1[Si](C)(C)[N-]C(C)C.[Cr+3]. The van der Waals surface area contributed by atoms with E-state index in [1.807, 2.05) is 0 Å². The van der Waals surface area contributed by atoms with Crippen molar-refractivity contribution in [1.82, 2.24) is 0 Å². The molecule has 0 aromatic rings. The van der Waals surface area contributed by atoms with Crippen LogP contribution in [-0.4, -0.2) is 41.8 Å². The predicted molar refractivity (Wildman–Crippen MR) is 127 cm³/mol. The van der Waals surface area contributed by atoms with Crippen molar-refractivity contribution in [3.8, 4) is 0 Å². The zero-order chi connectivity index (χ0) is 21.0. The molecule has 0 N–H and O–H groups in total. The van der Waals surface area contributed by atoms with Crippen LogP contribution in [0.4, 0.5) is 0 Å². The molecule has 1 aliphatic heterocycles. The van der Waals surface area contributed by atoms with E-state index in [-0.39, 0.29) is 17.4 Å². The maximum atomic E-state index is 5.21. The Labute approximate surface area is 189 Å². The Bertz CT molecular complexity index is 401. The van der Waals surface area contributed by atoms with E-state index in [1.54, 1.807) is 5.92 Å². The van der Waals surface area contributed by atoms with Crippen molar-refractivity contribution in [2.75, 3.05) is 13.2 Å². The predicted octanol–water partition coefficient (Wildman–Crippen LogP) is 7.38. The van der Waals surface area contributed by atoms with Crippen LogP contribution in [0.25, 0.3) is 9.96 Å². The average molecular weight is 464 g/mol. The van der Waals surface area contributed by atoms with E-state index in [0.717, 1.165) is 36.1 Å². The van der Waals surface area contributed by atoms with Gasteiger partial charge in [-0.15, -0.1) is 12.1 Å². The van der Waals surface area contributed by atoms with Crippen LogP contribution in [0.1, 0.15) is 61.3 Å². The Morgan fingerprint density at radius 2 is 1.11 bits per heavy atom. The molecule has 0 bridgehead atoms. The molecule has 1 heterocycles. The van der Waals surface area contributed by atoms with Gasteiger partial charge in [0.1, 0.15) is 0 Å². The van der Waals surface area contributed by atoms with Crippen LogP contribution in [0.2, 0.25) is 37.3 Å². The maximum absolute atomic E-state index is 5.21. The summed E-state index contributed by atoms with van der Waals surface area (Å²) in [6.07, 6.45) is 2.56. The molecule has 0 amide bonds. The van der Waals surface area contributed by atoms with E-state index in [0.29, 0.717) is 12.1 Å². The second-order valence-electron chi connectivity index (χ2n) is 10.5. The zero-order valence-electron chi connectivity index (χ0n) is 20.5. The minimum Gasteiger partial charge on any atom is -0.664 e. The number of rotatable bonds is 6. The first-order valence-corrected chi connectivity index (χ1v) is 17.2. The van der Waals surface area contributed by atoms with Crippen LogP contribution < -0.4 is 0 Å². The molecular weight excluding hydrogens is 416 g/mol. The van der Waals surface area contributed by atoms with Crippen molar-refractivity contribution in [2.24, 2.45) is 11.8 Å². The van der Waals surface area contributed by atoms with Crippen molar-refractivity contribution in [3.63, 3.8) is 0 Å². The molecule has 6 heteroatoms. The normalized spacial score (nSPS) is 29.0. The number of hydrogen-bond donors (Lipinski definition) is 0. The summed E-state index contributed by atoms with van der Waals surface area (Å²) in [4.78, 5) is 10.4. The molecule has 2 rings (SSSR count). The van der Waals surface area contributed by atoms with Gasteiger partial charge in [0.05, 0.1) is 0 Å². The Hall–Kier alpha value is 0.846. The van der Waals surface area contributed by atoms with Gasteiger partial charge in [-0.2, -0.15) is 18.0 Å². The molecule has 0 aromatic carbocycles. The van der Waals surface area contributed by atoms with Gasteiger partial charge in [-0.25, -0.2) is 0 Å². The molecular formula is C22H47CrN2OSi2. The van der Waals surface area contributed by atoms with Crippen LogP contribution in [0.5, 0.6) is 0 Å². The summed E-state index contributed by atoms with van der Waals surface area (Å²) in [5.74, 6) is 3.24. The Morgan fingerprint density at radius 1 is 0.786 bits per heavy atom. The summed E-state index contributed by atoms with van der Waals surface area (Å²) in [6.45, 7) is 28.2. The van der Waals surface area contributed by atoms with Crippen LogP contribution in [0.15, 0.2) is 0 Å². The van der Waals surface area contributed by atoms with Crippen molar-refractivity contribution in [3.05, 3.63) is 15.9 Å². The third-order valence-corrected chi connectivity index (χ3v) is 13.8. The van der Waals surface area contributed by atoms with Gasteiger partial charge in [-0.3, -0.25) is 0 Å². The van der Waals surface area contributed by atoms with Gasteiger partial charge < -0.3 is 20.6 Å². The topological polar surface area (TPSA) is 37.4 Å². The minimum atomic E-state index is -1.59. The largest absolute Gasteiger partial charge is 3.00 e. The monoisotopic (exact) mass is 463 g/mol. The number of ether oxygens (including phenoxy) is 1. The van der Waals surface area contributed by atoms with Gasteiger partial charge >= 0.3 is 17.4 Å². The van der Waals surface area contributed by atoms with Crippen molar-refractivity contribution in [1.29, 1.82) is 0 Å². The summed E-state index contributed by atoms with van der Waals surface area (Å²) in [7, 11) is -3.19. The van der Waals surface area contributed by atoms with E-state index in [9.17, 15) is 0 Å². The van der Waals surface area contributed by atoms with E-state index >= 15 is 0 Å². The van der Waals surface area contributed by atoms with Gasteiger partial charge in [-0.05, 0) is 12.8 Å². The zero-order valence-corrected chi connectivity index (χ0v) is 23.8. The first-order valence-electron chi connectivity index (χ1n) is 11.2. The van der Waals surface area contributed by atoms with Crippen molar-refractivity contribution < 1.29 is 22.1 Å². The summed E-state index contributed by atoms with van der Waals surface area (Å²) in [5, 5.41) is 0. The van der Waals surface area contributed by atoms with Gasteiger partial charge in [-0.1, -0.05) is 96.0 Å². The van der Waals surface area contributed by atoms with E-state index < -0.39 is 16.5 Å². The molecule has 1 saturated carbocycles. The van der Waals surface area contributed by atoms with Crippen LogP contribution >= 0.6 is 0 Å². The number of hydrogen-bond acceptors (Lipinski definition) is 1. The molecule has 165 valence electrons. The van der Waals surface area contributed by atoms with E-state index in [2.05, 4.69) is 74.7 Å². The molecule has 28 heavy (non-hydrogen) atoms. The van der Waals surface area contributed by atoms with Gasteiger partial charge in [0.15, 0.2) is 0 Å². The van der Waals surface area contributed by atoms with Crippen molar-refractivity contribution >= 4 is 16.5 Å². The smallest absolute Gasteiger partial charge is 0.664 e. The molecule has 0 spiro atoms. The first kappa shape index (κ1) is 28.8. The van der Waals surface area contributed by atoms with Gasteiger partial charge in [0.25, 0.3) is 0 Å². The van der Waals surface area contributed by atoms with Gasteiger partial charge in [0.2, 0.25) is 0 Å². The van der Waals surface area contributed by atoms with Crippen LogP contribution in [0, 0.1) is 17.8 Å². The Morgan fingerprint density at radius 3 is 1.32 bits per heavy atom. The molecule has 3 nitrogen and oxygen atoms in total. The summed E-state index contributed by atoms with van der Waals surface area (Å²) in [6, 6.07) is 0.920. The fraction of sp³-hybridized carbons (Fsp3) is 0.955. The molecule has 1 radical (unpaired) electrons. The molecule has 2 fully saturated rings. The maximum Gasteiger partial charge on any atom is 3.00 e. The van der Waals surface area contributed by atoms with Gasteiger partial charge in [0, 0.05) is 13.2 Å². The second kappa shape index (κ2) is 12.0. The molecule has 1 saturated heterocycles. The quantitative estimate of drug-likeness (QED) is 0.299. The fourth-order valence-electron chi connectivity index (χ4n) is 6.03. The molecule has 4 atom stereocenters. The first-order chi connectivity index (χ1) is 12.3. The molecule has 0 aromatic heterocycles. The molecule has 2 aliphatic rings. The Balaban J connectivity index is 0.00000105. The van der Waals surface area contributed by atoms with Crippen LogP contribution in [0.3, 0.4) is 0 Å². The third kappa shape index (κ3) is 7.83. The van der Waals surface area contributed by atoms with E-state index in [4.69, 9.17) is 14.7 Å². The van der Waals surface area contributed by atoms with Crippen molar-refractivity contribution in [2.45, 2.75) is 111 Å². The van der Waals surface area contributed by atoms with Crippen LogP contribution in [-0.2, 0) is 22.1 Å². The molecule has 4 unspecified atom stereocenters. The Kier molecular flexibility index (Phi) is 12.4.